The van der Waals surface area contributed by atoms with Gasteiger partial charge in [0.2, 0.25) is 0 Å². The lowest BCUT2D eigenvalue weighted by Crippen LogP contribution is -2.59. The Morgan fingerprint density at radius 1 is 0.878 bits per heavy atom. The average Bonchev–Trinajstić information content (AvgIpc) is 3.13. The second-order valence-electron chi connectivity index (χ2n) is 12.9. The van der Waals surface area contributed by atoms with E-state index in [1.165, 1.54) is 85.1 Å². The monoisotopic (exact) mass is 573 g/mol. The molecule has 3 aromatic carbocycles. The van der Waals surface area contributed by atoms with Gasteiger partial charge in [0.15, 0.2) is 0 Å². The van der Waals surface area contributed by atoms with Crippen molar-refractivity contribution in [2.75, 3.05) is 45.7 Å². The first-order chi connectivity index (χ1) is 19.5. The molecule has 2 fully saturated rings. The van der Waals surface area contributed by atoms with E-state index in [-0.39, 0.29) is 12.4 Å². The van der Waals surface area contributed by atoms with Crippen LogP contribution < -0.4 is 4.90 Å². The van der Waals surface area contributed by atoms with Crippen molar-refractivity contribution in [2.45, 2.75) is 69.2 Å². The SMILES string of the molecule is CN(C)CCCN1c2ccccc2CCc2ccccc21.CN1CC[C@@]23CCCC[C@@H]2[C@@H]1Cc1ccc(O)cc13.Cl. The molecular formula is C36H48ClN3O. The maximum atomic E-state index is 9.91. The number of rotatable bonds is 4. The summed E-state index contributed by atoms with van der Waals surface area (Å²) < 4.78 is 0. The minimum atomic E-state index is 0. The summed E-state index contributed by atoms with van der Waals surface area (Å²) >= 11 is 0. The van der Waals surface area contributed by atoms with Crippen molar-refractivity contribution in [3.05, 3.63) is 89.0 Å². The van der Waals surface area contributed by atoms with Gasteiger partial charge in [-0.05, 0) is 132 Å². The molecule has 4 aliphatic rings. The third-order valence-corrected chi connectivity index (χ3v) is 10.3. The summed E-state index contributed by atoms with van der Waals surface area (Å²) in [5, 5.41) is 9.91. The van der Waals surface area contributed by atoms with E-state index in [9.17, 15) is 5.11 Å². The van der Waals surface area contributed by atoms with Gasteiger partial charge in [0.25, 0.3) is 0 Å². The highest BCUT2D eigenvalue weighted by Gasteiger charge is 2.53. The predicted octanol–water partition coefficient (Wildman–Crippen LogP) is 7.38. The summed E-state index contributed by atoms with van der Waals surface area (Å²) in [5.74, 6) is 1.27. The number of halogens is 1. The van der Waals surface area contributed by atoms with Gasteiger partial charge in [0.1, 0.15) is 5.75 Å². The second kappa shape index (κ2) is 12.8. The number of aryl methyl sites for hydroxylation is 2. The molecule has 2 heterocycles. The molecule has 1 saturated heterocycles. The van der Waals surface area contributed by atoms with E-state index < -0.39 is 0 Å². The number of hydrogen-bond acceptors (Lipinski definition) is 4. The highest BCUT2D eigenvalue weighted by molar-refractivity contribution is 5.85. The maximum Gasteiger partial charge on any atom is 0.115 e. The lowest BCUT2D eigenvalue weighted by atomic mass is 9.52. The normalized spacial score (nSPS) is 24.4. The molecule has 4 nitrogen and oxygen atoms in total. The smallest absolute Gasteiger partial charge is 0.115 e. The quantitative estimate of drug-likeness (QED) is 0.353. The number of nitrogens with zero attached hydrogens (tertiary/aromatic N) is 3. The van der Waals surface area contributed by atoms with Gasteiger partial charge in [-0.1, -0.05) is 55.3 Å². The van der Waals surface area contributed by atoms with E-state index in [1.807, 2.05) is 6.07 Å². The van der Waals surface area contributed by atoms with Crippen molar-refractivity contribution >= 4 is 23.8 Å². The summed E-state index contributed by atoms with van der Waals surface area (Å²) in [6.07, 6.45) is 11.4. The average molecular weight is 574 g/mol. The molecule has 2 aliphatic carbocycles. The van der Waals surface area contributed by atoms with Crippen LogP contribution in [-0.2, 0) is 24.7 Å². The molecular weight excluding hydrogens is 526 g/mol. The predicted molar refractivity (Wildman–Crippen MR) is 174 cm³/mol. The number of hydrogen-bond donors (Lipinski definition) is 1. The topological polar surface area (TPSA) is 30.0 Å². The Kier molecular flexibility index (Phi) is 9.33. The Morgan fingerprint density at radius 2 is 1.56 bits per heavy atom. The van der Waals surface area contributed by atoms with E-state index in [1.54, 1.807) is 0 Å². The van der Waals surface area contributed by atoms with Crippen molar-refractivity contribution < 1.29 is 5.11 Å². The lowest BCUT2D eigenvalue weighted by Gasteiger charge is -2.58. The van der Waals surface area contributed by atoms with E-state index in [2.05, 4.69) is 96.5 Å². The van der Waals surface area contributed by atoms with Crippen LogP contribution >= 0.6 is 12.4 Å². The molecule has 1 N–H and O–H groups in total. The van der Waals surface area contributed by atoms with Gasteiger partial charge in [-0.3, -0.25) is 0 Å². The highest BCUT2D eigenvalue weighted by Crippen LogP contribution is 2.55. The number of benzene rings is 3. The number of likely N-dealkylation sites (N-methyl/N-ethyl adjacent to an activating group) is 1. The third-order valence-electron chi connectivity index (χ3n) is 10.3. The molecule has 0 unspecified atom stereocenters. The van der Waals surface area contributed by atoms with Crippen molar-refractivity contribution in [1.82, 2.24) is 9.80 Å². The number of phenols is 1. The van der Waals surface area contributed by atoms with Gasteiger partial charge in [-0.2, -0.15) is 0 Å². The van der Waals surface area contributed by atoms with Crippen molar-refractivity contribution in [3.8, 4) is 5.75 Å². The maximum absolute atomic E-state index is 9.91. The lowest BCUT2D eigenvalue weighted by molar-refractivity contribution is 0.00274. The van der Waals surface area contributed by atoms with E-state index in [0.717, 1.165) is 37.9 Å². The Bertz CT molecular complexity index is 1280. The Labute approximate surface area is 253 Å². The largest absolute Gasteiger partial charge is 0.508 e. The van der Waals surface area contributed by atoms with Gasteiger partial charge < -0.3 is 19.8 Å². The van der Waals surface area contributed by atoms with Crippen LogP contribution in [0.3, 0.4) is 0 Å². The third kappa shape index (κ3) is 5.89. The molecule has 3 atom stereocenters. The number of aromatic hydroxyl groups is 1. The minimum absolute atomic E-state index is 0. The van der Waals surface area contributed by atoms with Crippen LogP contribution in [0.2, 0.25) is 0 Å². The highest BCUT2D eigenvalue weighted by atomic mass is 35.5. The Balaban J connectivity index is 0.000000161. The van der Waals surface area contributed by atoms with Gasteiger partial charge in [0.05, 0.1) is 0 Å². The number of fused-ring (bicyclic) bond motifs is 3. The molecule has 3 aromatic rings. The van der Waals surface area contributed by atoms with Crippen LogP contribution in [0.1, 0.15) is 60.8 Å². The van der Waals surface area contributed by atoms with Gasteiger partial charge in [-0.25, -0.2) is 0 Å². The van der Waals surface area contributed by atoms with Crippen LogP contribution in [-0.4, -0.2) is 61.7 Å². The molecule has 0 spiro atoms. The molecule has 0 aromatic heterocycles. The minimum Gasteiger partial charge on any atom is -0.508 e. The first-order valence-corrected chi connectivity index (χ1v) is 15.6. The first kappa shape index (κ1) is 29.9. The summed E-state index contributed by atoms with van der Waals surface area (Å²) in [6, 6.07) is 24.6. The fourth-order valence-electron chi connectivity index (χ4n) is 8.34. The summed E-state index contributed by atoms with van der Waals surface area (Å²) in [4.78, 5) is 7.36. The van der Waals surface area contributed by atoms with Gasteiger partial charge >= 0.3 is 0 Å². The Morgan fingerprint density at radius 3 is 2.24 bits per heavy atom. The second-order valence-corrected chi connectivity index (χ2v) is 12.9. The molecule has 220 valence electrons. The van der Waals surface area contributed by atoms with Crippen molar-refractivity contribution in [2.24, 2.45) is 5.92 Å². The van der Waals surface area contributed by atoms with E-state index in [4.69, 9.17) is 0 Å². The van der Waals surface area contributed by atoms with Crippen LogP contribution in [0, 0.1) is 5.92 Å². The molecule has 7 rings (SSSR count). The molecule has 0 amide bonds. The van der Waals surface area contributed by atoms with Crippen LogP contribution in [0.4, 0.5) is 11.4 Å². The first-order valence-electron chi connectivity index (χ1n) is 15.6. The zero-order valence-electron chi connectivity index (χ0n) is 25.2. The van der Waals surface area contributed by atoms with Crippen LogP contribution in [0.25, 0.3) is 0 Å². The van der Waals surface area contributed by atoms with E-state index in [0.29, 0.717) is 11.2 Å². The molecule has 0 radical (unpaired) electrons. The molecule has 1 saturated carbocycles. The standard InChI is InChI=1S/C19H24N2.C17H23NO.ClH/c1-20(2)14-7-15-21-18-10-5-3-8-16(18)12-13-17-9-4-6-11-19(17)21;1-18-9-8-17-7-3-2-4-14(17)16(18)10-12-5-6-13(19)11-15(12)17;/h3-6,8-11H,7,12-15H2,1-2H3;5-6,11,14,16,19H,2-4,7-10H2,1H3;1H/t;14-,16+,17+;/m.1./s1. The van der Waals surface area contributed by atoms with E-state index >= 15 is 0 Å². The summed E-state index contributed by atoms with van der Waals surface area (Å²) in [7, 11) is 6.59. The zero-order chi connectivity index (χ0) is 27.7. The molecule has 41 heavy (non-hydrogen) atoms. The zero-order valence-corrected chi connectivity index (χ0v) is 26.0. The number of likely N-dealkylation sites (tertiary alicyclic amines) is 1. The Hall–Kier alpha value is -2.53. The number of piperidine rings is 1. The molecule has 2 aliphatic heterocycles. The van der Waals surface area contributed by atoms with Gasteiger partial charge in [-0.15, -0.1) is 12.4 Å². The number of anilines is 2. The van der Waals surface area contributed by atoms with Crippen molar-refractivity contribution in [1.29, 1.82) is 0 Å². The summed E-state index contributed by atoms with van der Waals surface area (Å²) in [5.41, 5.74) is 9.08. The van der Waals surface area contributed by atoms with Crippen LogP contribution in [0.5, 0.6) is 5.75 Å². The van der Waals surface area contributed by atoms with Crippen molar-refractivity contribution in [3.63, 3.8) is 0 Å². The van der Waals surface area contributed by atoms with Crippen LogP contribution in [0.15, 0.2) is 66.7 Å². The molecule has 5 heteroatoms. The molecule has 2 bridgehead atoms. The number of para-hydroxylation sites is 2. The fraction of sp³-hybridized carbons (Fsp3) is 0.500. The number of phenolic OH excluding ortho intramolecular Hbond substituents is 1. The van der Waals surface area contributed by atoms with Gasteiger partial charge in [0, 0.05) is 29.4 Å². The summed E-state index contributed by atoms with van der Waals surface area (Å²) in [6.45, 7) is 3.42. The fourth-order valence-corrected chi connectivity index (χ4v) is 8.34.